The van der Waals surface area contributed by atoms with E-state index in [2.05, 4.69) is 10.4 Å². The van der Waals surface area contributed by atoms with Crippen LogP contribution < -0.4 is 10.7 Å². The van der Waals surface area contributed by atoms with Crippen molar-refractivity contribution in [2.24, 2.45) is 7.05 Å². The van der Waals surface area contributed by atoms with Gasteiger partial charge in [-0.05, 0) is 55.5 Å². The van der Waals surface area contributed by atoms with Crippen LogP contribution in [-0.2, 0) is 7.05 Å². The van der Waals surface area contributed by atoms with Crippen molar-refractivity contribution in [2.75, 3.05) is 5.32 Å². The molecule has 0 unspecified atom stereocenters. The predicted octanol–water partition coefficient (Wildman–Crippen LogP) is 4.35. The maximum Gasteiger partial charge on any atom is 0.280 e. The molecule has 0 fully saturated rings. The van der Waals surface area contributed by atoms with Crippen molar-refractivity contribution in [3.8, 4) is 17.1 Å². The Bertz CT molecular complexity index is 1530. The van der Waals surface area contributed by atoms with E-state index in [1.165, 1.54) is 6.07 Å². The van der Waals surface area contributed by atoms with Gasteiger partial charge in [-0.2, -0.15) is 5.10 Å². The second kappa shape index (κ2) is 8.20. The van der Waals surface area contributed by atoms with Gasteiger partial charge in [0.1, 0.15) is 5.82 Å². The molecule has 0 saturated carbocycles. The maximum absolute atomic E-state index is 12.9. The molecule has 0 aliphatic carbocycles. The van der Waals surface area contributed by atoms with Gasteiger partial charge in [-0.3, -0.25) is 9.59 Å². The fourth-order valence-electron chi connectivity index (χ4n) is 3.83. The lowest BCUT2D eigenvalue weighted by Gasteiger charge is -2.11. The van der Waals surface area contributed by atoms with Crippen molar-refractivity contribution < 1.29 is 4.79 Å². The number of hydrogen-bond acceptors (Lipinski definition) is 4. The summed E-state index contributed by atoms with van der Waals surface area (Å²) in [6.45, 7) is 1.78. The molecule has 0 radical (unpaired) electrons. The highest BCUT2D eigenvalue weighted by Gasteiger charge is 2.16. The smallest absolute Gasteiger partial charge is 0.280 e. The highest BCUT2D eigenvalue weighted by molar-refractivity contribution is 6.02. The fraction of sp³-hybridized carbons (Fsp3) is 0.0769. The van der Waals surface area contributed by atoms with Crippen LogP contribution in [0.4, 0.5) is 5.69 Å². The molecule has 162 valence electrons. The van der Waals surface area contributed by atoms with Crippen LogP contribution in [-0.4, -0.2) is 25.2 Å². The summed E-state index contributed by atoms with van der Waals surface area (Å²) in [4.78, 5) is 30.0. The maximum atomic E-state index is 12.9. The summed E-state index contributed by atoms with van der Waals surface area (Å²) < 4.78 is 3.62. The van der Waals surface area contributed by atoms with Crippen LogP contribution in [0.3, 0.4) is 0 Å². The number of carbonyl (C=O) groups is 1. The third-order valence-electron chi connectivity index (χ3n) is 5.51. The van der Waals surface area contributed by atoms with Crippen LogP contribution in [0.15, 0.2) is 89.7 Å². The Morgan fingerprint density at radius 3 is 2.33 bits per heavy atom. The van der Waals surface area contributed by atoms with Crippen LogP contribution in [0.25, 0.3) is 28.1 Å². The minimum atomic E-state index is -0.555. The Balaban J connectivity index is 1.41. The molecule has 0 aliphatic heterocycles. The summed E-state index contributed by atoms with van der Waals surface area (Å²) in [5.41, 5.74) is 4.29. The van der Waals surface area contributed by atoms with E-state index >= 15 is 0 Å². The van der Waals surface area contributed by atoms with Gasteiger partial charge in [-0.1, -0.05) is 30.3 Å². The first-order valence-corrected chi connectivity index (χ1v) is 10.5. The number of aryl methyl sites for hydroxylation is 2. The van der Waals surface area contributed by atoms with E-state index < -0.39 is 11.3 Å². The van der Waals surface area contributed by atoms with Crippen molar-refractivity contribution in [1.82, 2.24) is 19.3 Å². The first kappa shape index (κ1) is 20.4. The van der Waals surface area contributed by atoms with Gasteiger partial charge in [-0.15, -0.1) is 0 Å². The number of fused-ring (bicyclic) bond motifs is 1. The zero-order valence-electron chi connectivity index (χ0n) is 18.2. The van der Waals surface area contributed by atoms with Gasteiger partial charge in [0.2, 0.25) is 5.43 Å². The highest BCUT2D eigenvalue weighted by atomic mass is 16.2. The minimum absolute atomic E-state index is 0.163. The average Bonchev–Trinajstić information content (AvgIpc) is 3.17. The lowest BCUT2D eigenvalue weighted by Crippen LogP contribution is -2.26. The van der Waals surface area contributed by atoms with E-state index in [9.17, 15) is 9.59 Å². The lowest BCUT2D eigenvalue weighted by molar-refractivity contribution is 0.101. The number of carbonyl (C=O) groups excluding carboxylic acids is 1. The van der Waals surface area contributed by atoms with Crippen molar-refractivity contribution in [2.45, 2.75) is 6.92 Å². The molecule has 0 aliphatic rings. The number of nitrogens with zero attached hydrogens (tertiary/aromatic N) is 4. The topological polar surface area (TPSA) is 81.8 Å². The Kier molecular flexibility index (Phi) is 5.06. The Hall–Kier alpha value is -4.52. The molecule has 7 nitrogen and oxygen atoms in total. The molecule has 33 heavy (non-hydrogen) atoms. The summed E-state index contributed by atoms with van der Waals surface area (Å²) in [6, 6.07) is 26.1. The number of aromatic nitrogens is 4. The number of benzene rings is 3. The number of imidazole rings is 1. The van der Waals surface area contributed by atoms with Gasteiger partial charge in [0.25, 0.3) is 5.91 Å². The standard InChI is InChI=1S/C26H21N5O2/c1-17-16-23(32)24(29-31(17)20-8-4-3-5-9-20)26(33)27-19-14-12-18(13-15-19)25-28-21-10-6-7-11-22(21)30(25)2/h3-16H,1-2H3,(H,27,33). The highest BCUT2D eigenvalue weighted by Crippen LogP contribution is 2.24. The second-order valence-electron chi connectivity index (χ2n) is 7.76. The minimum Gasteiger partial charge on any atom is -0.327 e. The number of amides is 1. The summed E-state index contributed by atoms with van der Waals surface area (Å²) in [6.07, 6.45) is 0. The quantitative estimate of drug-likeness (QED) is 0.455. The summed E-state index contributed by atoms with van der Waals surface area (Å²) >= 11 is 0. The van der Waals surface area contributed by atoms with E-state index in [0.29, 0.717) is 11.4 Å². The second-order valence-corrected chi connectivity index (χ2v) is 7.76. The molecule has 0 bridgehead atoms. The van der Waals surface area contributed by atoms with E-state index in [4.69, 9.17) is 4.98 Å². The van der Waals surface area contributed by atoms with Crippen LogP contribution in [0.1, 0.15) is 16.2 Å². The zero-order valence-corrected chi connectivity index (χ0v) is 18.2. The van der Waals surface area contributed by atoms with Gasteiger partial charge in [-0.25, -0.2) is 9.67 Å². The van der Waals surface area contributed by atoms with E-state index in [1.54, 1.807) is 23.7 Å². The predicted molar refractivity (Wildman–Crippen MR) is 129 cm³/mol. The fourth-order valence-corrected chi connectivity index (χ4v) is 3.83. The van der Waals surface area contributed by atoms with Crippen molar-refractivity contribution in [3.63, 3.8) is 0 Å². The molecule has 2 aromatic heterocycles. The Labute approximate surface area is 190 Å². The Morgan fingerprint density at radius 1 is 0.909 bits per heavy atom. The van der Waals surface area contributed by atoms with Crippen LogP contribution >= 0.6 is 0 Å². The molecule has 2 heterocycles. The average molecular weight is 435 g/mol. The Morgan fingerprint density at radius 2 is 1.61 bits per heavy atom. The monoisotopic (exact) mass is 435 g/mol. The van der Waals surface area contributed by atoms with Gasteiger partial charge in [0.15, 0.2) is 5.69 Å². The molecule has 3 aromatic carbocycles. The zero-order chi connectivity index (χ0) is 22.9. The molecule has 5 aromatic rings. The first-order chi connectivity index (χ1) is 16.0. The van der Waals surface area contributed by atoms with E-state index in [0.717, 1.165) is 28.1 Å². The number of para-hydroxylation sites is 3. The third-order valence-corrected chi connectivity index (χ3v) is 5.51. The van der Waals surface area contributed by atoms with Crippen LogP contribution in [0.2, 0.25) is 0 Å². The largest absolute Gasteiger partial charge is 0.327 e. The lowest BCUT2D eigenvalue weighted by atomic mass is 10.2. The molecule has 0 spiro atoms. The molecule has 0 saturated heterocycles. The number of rotatable bonds is 4. The summed E-state index contributed by atoms with van der Waals surface area (Å²) in [5, 5.41) is 7.09. The molecule has 0 atom stereocenters. The van der Waals surface area contributed by atoms with Crippen LogP contribution in [0.5, 0.6) is 0 Å². The van der Waals surface area contributed by atoms with Gasteiger partial charge >= 0.3 is 0 Å². The molecule has 1 N–H and O–H groups in total. The van der Waals surface area contributed by atoms with Gasteiger partial charge < -0.3 is 9.88 Å². The van der Waals surface area contributed by atoms with Crippen LogP contribution in [0, 0.1) is 6.92 Å². The van der Waals surface area contributed by atoms with Crippen molar-refractivity contribution in [1.29, 1.82) is 0 Å². The van der Waals surface area contributed by atoms with Gasteiger partial charge in [0.05, 0.1) is 16.7 Å². The van der Waals surface area contributed by atoms with Crippen molar-refractivity contribution >= 4 is 22.6 Å². The van der Waals surface area contributed by atoms with Crippen molar-refractivity contribution in [3.05, 3.63) is 107 Å². The summed E-state index contributed by atoms with van der Waals surface area (Å²) in [7, 11) is 1.97. The molecule has 7 heteroatoms. The summed E-state index contributed by atoms with van der Waals surface area (Å²) in [5.74, 6) is 0.278. The number of anilines is 1. The number of hydrogen-bond donors (Lipinski definition) is 1. The molecule has 1 amide bonds. The molecule has 5 rings (SSSR count). The third kappa shape index (κ3) is 3.80. The van der Waals surface area contributed by atoms with E-state index in [1.807, 2.05) is 78.3 Å². The van der Waals surface area contributed by atoms with Gasteiger partial charge in [0, 0.05) is 30.1 Å². The normalized spacial score (nSPS) is 11.0. The number of nitrogens with one attached hydrogen (secondary N) is 1. The molecular weight excluding hydrogens is 414 g/mol. The van der Waals surface area contributed by atoms with E-state index in [-0.39, 0.29) is 5.69 Å². The molecular formula is C26H21N5O2. The first-order valence-electron chi connectivity index (χ1n) is 10.5. The SMILES string of the molecule is Cc1cc(=O)c(C(=O)Nc2ccc(-c3nc4ccccc4n3C)cc2)nn1-c1ccccc1.